The molecule has 0 aliphatic carbocycles. The minimum atomic E-state index is -0.721. The molecule has 0 spiro atoms. The third kappa shape index (κ3) is 2.86. The lowest BCUT2D eigenvalue weighted by Gasteiger charge is -2.29. The summed E-state index contributed by atoms with van der Waals surface area (Å²) in [6.45, 7) is 7.56. The van der Waals surface area contributed by atoms with Gasteiger partial charge in [0.15, 0.2) is 0 Å². The Balaban J connectivity index is 2.53. The Morgan fingerprint density at radius 1 is 1.43 bits per heavy atom. The van der Waals surface area contributed by atoms with Crippen molar-refractivity contribution < 1.29 is 9.52 Å². The van der Waals surface area contributed by atoms with Crippen molar-refractivity contribution in [3.05, 3.63) is 24.2 Å². The Kier molecular flexibility index (Phi) is 3.34. The van der Waals surface area contributed by atoms with Crippen LogP contribution in [0, 0.1) is 0 Å². The highest BCUT2D eigenvalue weighted by Gasteiger charge is 2.24. The van der Waals surface area contributed by atoms with Crippen LogP contribution in [0.3, 0.4) is 0 Å². The van der Waals surface area contributed by atoms with E-state index < -0.39 is 5.60 Å². The van der Waals surface area contributed by atoms with Crippen LogP contribution in [0.15, 0.2) is 22.8 Å². The van der Waals surface area contributed by atoms with E-state index in [9.17, 15) is 5.11 Å². The Hall–Kier alpha value is -0.800. The van der Waals surface area contributed by atoms with Gasteiger partial charge in [-0.05, 0) is 39.8 Å². The molecule has 0 amide bonds. The maximum Gasteiger partial charge on any atom is 0.120 e. The highest BCUT2D eigenvalue weighted by molar-refractivity contribution is 5.03. The van der Waals surface area contributed by atoms with Crippen molar-refractivity contribution in [2.75, 3.05) is 0 Å². The molecule has 0 saturated heterocycles. The molecule has 2 atom stereocenters. The van der Waals surface area contributed by atoms with Gasteiger partial charge in [0.05, 0.1) is 17.9 Å². The highest BCUT2D eigenvalue weighted by Crippen LogP contribution is 2.16. The summed E-state index contributed by atoms with van der Waals surface area (Å²) in [7, 11) is 0. The van der Waals surface area contributed by atoms with E-state index >= 15 is 0 Å². The summed E-state index contributed by atoms with van der Waals surface area (Å²) in [5, 5.41) is 13.0. The van der Waals surface area contributed by atoms with Gasteiger partial charge in [0.2, 0.25) is 0 Å². The molecule has 1 rings (SSSR count). The molecule has 3 nitrogen and oxygen atoms in total. The fourth-order valence-electron chi connectivity index (χ4n) is 1.20. The molecule has 14 heavy (non-hydrogen) atoms. The third-order valence-electron chi connectivity index (χ3n) is 2.53. The van der Waals surface area contributed by atoms with Gasteiger partial charge in [-0.3, -0.25) is 0 Å². The molecule has 3 heteroatoms. The number of hydrogen-bond donors (Lipinski definition) is 2. The SMILES string of the molecule is CC(N[C@H](C)c1ccco1)C(C)(C)O. The van der Waals surface area contributed by atoms with E-state index in [-0.39, 0.29) is 12.1 Å². The summed E-state index contributed by atoms with van der Waals surface area (Å²) in [6.07, 6.45) is 1.66. The first kappa shape index (κ1) is 11.3. The summed E-state index contributed by atoms with van der Waals surface area (Å²) in [4.78, 5) is 0. The second-order valence-corrected chi connectivity index (χ2v) is 4.28. The van der Waals surface area contributed by atoms with E-state index in [0.717, 1.165) is 5.76 Å². The molecular formula is C11H19NO2. The molecule has 0 aromatic carbocycles. The molecule has 0 aliphatic heterocycles. The van der Waals surface area contributed by atoms with Crippen LogP contribution in [0.25, 0.3) is 0 Å². The molecule has 80 valence electrons. The maximum atomic E-state index is 9.74. The normalized spacial score (nSPS) is 16.6. The van der Waals surface area contributed by atoms with Gasteiger partial charge in [-0.2, -0.15) is 0 Å². The molecule has 0 fully saturated rings. The molecule has 2 N–H and O–H groups in total. The first-order valence-electron chi connectivity index (χ1n) is 4.93. The van der Waals surface area contributed by atoms with Crippen LogP contribution in [0.4, 0.5) is 0 Å². The van der Waals surface area contributed by atoms with Crippen LogP contribution in [0.5, 0.6) is 0 Å². The average molecular weight is 197 g/mol. The molecule has 1 aromatic heterocycles. The van der Waals surface area contributed by atoms with Gasteiger partial charge in [-0.15, -0.1) is 0 Å². The molecule has 0 bridgehead atoms. The van der Waals surface area contributed by atoms with Crippen LogP contribution in [0.2, 0.25) is 0 Å². The topological polar surface area (TPSA) is 45.4 Å². The van der Waals surface area contributed by atoms with Gasteiger partial charge in [0.1, 0.15) is 5.76 Å². The molecule has 1 unspecified atom stereocenters. The van der Waals surface area contributed by atoms with Crippen molar-refractivity contribution in [1.82, 2.24) is 5.32 Å². The van der Waals surface area contributed by atoms with Gasteiger partial charge >= 0.3 is 0 Å². The van der Waals surface area contributed by atoms with E-state index in [0.29, 0.717) is 0 Å². The second kappa shape index (κ2) is 4.15. The largest absolute Gasteiger partial charge is 0.468 e. The van der Waals surface area contributed by atoms with Crippen molar-refractivity contribution in [3.63, 3.8) is 0 Å². The summed E-state index contributed by atoms with van der Waals surface area (Å²) in [5.74, 6) is 0.890. The molecule has 0 aliphatic rings. The lowest BCUT2D eigenvalue weighted by molar-refractivity contribution is 0.0396. The van der Waals surface area contributed by atoms with Gasteiger partial charge in [0.25, 0.3) is 0 Å². The Bertz CT molecular complexity index is 261. The molecule has 0 radical (unpaired) electrons. The van der Waals surface area contributed by atoms with E-state index in [2.05, 4.69) is 5.32 Å². The standard InChI is InChI=1S/C11H19NO2/c1-8(10-6-5-7-14-10)12-9(2)11(3,4)13/h5-9,12-13H,1-4H3/t8-,9?/m1/s1. The minimum absolute atomic E-state index is 0.0163. The Labute approximate surface area is 85.1 Å². The first-order valence-corrected chi connectivity index (χ1v) is 4.93. The zero-order valence-corrected chi connectivity index (χ0v) is 9.24. The predicted molar refractivity (Wildman–Crippen MR) is 56.0 cm³/mol. The summed E-state index contributed by atoms with van der Waals surface area (Å²) in [6, 6.07) is 3.92. The lowest BCUT2D eigenvalue weighted by atomic mass is 10.00. The van der Waals surface area contributed by atoms with Gasteiger partial charge in [-0.25, -0.2) is 0 Å². The maximum absolute atomic E-state index is 9.74. The number of furan rings is 1. The average Bonchev–Trinajstić information content (AvgIpc) is 2.53. The zero-order valence-electron chi connectivity index (χ0n) is 9.24. The van der Waals surface area contributed by atoms with Crippen LogP contribution < -0.4 is 5.32 Å². The molecule has 1 aromatic rings. The highest BCUT2D eigenvalue weighted by atomic mass is 16.3. The van der Waals surface area contributed by atoms with Crippen molar-refractivity contribution in [2.24, 2.45) is 0 Å². The Morgan fingerprint density at radius 3 is 2.50 bits per heavy atom. The lowest BCUT2D eigenvalue weighted by Crippen LogP contribution is -2.45. The van der Waals surface area contributed by atoms with Gasteiger partial charge in [-0.1, -0.05) is 0 Å². The quantitative estimate of drug-likeness (QED) is 0.777. The number of hydrogen-bond acceptors (Lipinski definition) is 3. The molecular weight excluding hydrogens is 178 g/mol. The van der Waals surface area contributed by atoms with Crippen molar-refractivity contribution >= 4 is 0 Å². The smallest absolute Gasteiger partial charge is 0.120 e. The number of rotatable bonds is 4. The minimum Gasteiger partial charge on any atom is -0.468 e. The summed E-state index contributed by atoms with van der Waals surface area (Å²) in [5.41, 5.74) is -0.721. The summed E-state index contributed by atoms with van der Waals surface area (Å²) < 4.78 is 5.26. The van der Waals surface area contributed by atoms with Crippen molar-refractivity contribution in [1.29, 1.82) is 0 Å². The fourth-order valence-corrected chi connectivity index (χ4v) is 1.20. The summed E-state index contributed by atoms with van der Waals surface area (Å²) >= 11 is 0. The van der Waals surface area contributed by atoms with Gasteiger partial charge in [0, 0.05) is 6.04 Å². The predicted octanol–water partition coefficient (Wildman–Crippen LogP) is 2.09. The number of nitrogens with one attached hydrogen (secondary N) is 1. The van der Waals surface area contributed by atoms with E-state index in [4.69, 9.17) is 4.42 Å². The van der Waals surface area contributed by atoms with E-state index in [1.807, 2.05) is 26.0 Å². The first-order chi connectivity index (χ1) is 6.41. The Morgan fingerprint density at radius 2 is 2.07 bits per heavy atom. The third-order valence-corrected chi connectivity index (χ3v) is 2.53. The molecule has 1 heterocycles. The van der Waals surface area contributed by atoms with E-state index in [1.165, 1.54) is 0 Å². The van der Waals surface area contributed by atoms with Crippen molar-refractivity contribution in [3.8, 4) is 0 Å². The van der Waals surface area contributed by atoms with Crippen LogP contribution in [-0.2, 0) is 0 Å². The van der Waals surface area contributed by atoms with Gasteiger partial charge < -0.3 is 14.8 Å². The van der Waals surface area contributed by atoms with Crippen molar-refractivity contribution in [2.45, 2.75) is 45.4 Å². The molecule has 0 saturated carbocycles. The van der Waals surface area contributed by atoms with Crippen LogP contribution in [-0.4, -0.2) is 16.7 Å². The van der Waals surface area contributed by atoms with Crippen LogP contribution in [0.1, 0.15) is 39.5 Å². The second-order valence-electron chi connectivity index (χ2n) is 4.28. The fraction of sp³-hybridized carbons (Fsp3) is 0.636. The number of aliphatic hydroxyl groups is 1. The monoisotopic (exact) mass is 197 g/mol. The zero-order chi connectivity index (χ0) is 10.8. The van der Waals surface area contributed by atoms with E-state index in [1.54, 1.807) is 20.1 Å². The van der Waals surface area contributed by atoms with Crippen LogP contribution >= 0.6 is 0 Å².